The molecule has 0 amide bonds. The minimum absolute atomic E-state index is 0.0828. The van der Waals surface area contributed by atoms with E-state index in [1.165, 1.54) is 0 Å². The number of nitrogens with two attached hydrogens (primary N) is 1. The molecule has 94 valence electrons. The molecule has 0 radical (unpaired) electrons. The van der Waals surface area contributed by atoms with Crippen molar-refractivity contribution in [1.82, 2.24) is 0 Å². The molecule has 1 aliphatic rings. The second-order valence-corrected chi connectivity index (χ2v) is 5.49. The lowest BCUT2D eigenvalue weighted by molar-refractivity contribution is 0.0856. The molecule has 1 aromatic heterocycles. The number of carbonyl (C=O) groups is 1. The van der Waals surface area contributed by atoms with Gasteiger partial charge >= 0.3 is 0 Å². The number of ketones is 1. The molecule has 1 unspecified atom stereocenters. The van der Waals surface area contributed by atoms with Crippen molar-refractivity contribution in [3.05, 3.63) is 35.6 Å². The summed E-state index contributed by atoms with van der Waals surface area (Å²) >= 11 is 0. The second-order valence-electron chi connectivity index (χ2n) is 5.49. The maximum Gasteiger partial charge on any atom is 0.217 e. The summed E-state index contributed by atoms with van der Waals surface area (Å²) < 4.78 is 5.70. The van der Waals surface area contributed by atoms with Crippen molar-refractivity contribution in [1.29, 1.82) is 0 Å². The molecule has 3 nitrogen and oxygen atoms in total. The van der Waals surface area contributed by atoms with Crippen LogP contribution in [0.4, 0.5) is 0 Å². The second kappa shape index (κ2) is 3.69. The fourth-order valence-electron chi connectivity index (χ4n) is 2.45. The van der Waals surface area contributed by atoms with Gasteiger partial charge in [0.05, 0.1) is 5.54 Å². The third-order valence-electron chi connectivity index (χ3n) is 3.88. The van der Waals surface area contributed by atoms with Gasteiger partial charge in [-0.15, -0.1) is 0 Å². The molecule has 1 heterocycles. The maximum absolute atomic E-state index is 12.4. The summed E-state index contributed by atoms with van der Waals surface area (Å²) in [5, 5.41) is 0.963. The molecule has 0 spiro atoms. The Kier molecular flexibility index (Phi) is 2.35. The van der Waals surface area contributed by atoms with Gasteiger partial charge in [-0.3, -0.25) is 4.79 Å². The highest BCUT2D eigenvalue weighted by Crippen LogP contribution is 2.40. The van der Waals surface area contributed by atoms with Crippen molar-refractivity contribution >= 4 is 16.8 Å². The monoisotopic (exact) mass is 243 g/mol. The fraction of sp³-hybridized carbons (Fsp3) is 0.400. The molecule has 1 saturated carbocycles. The lowest BCUT2D eigenvalue weighted by Crippen LogP contribution is -2.46. The Labute approximate surface area is 106 Å². The van der Waals surface area contributed by atoms with E-state index in [9.17, 15) is 4.79 Å². The maximum atomic E-state index is 12.4. The van der Waals surface area contributed by atoms with E-state index in [1.54, 1.807) is 6.07 Å². The van der Waals surface area contributed by atoms with E-state index in [0.29, 0.717) is 11.7 Å². The predicted octanol–water partition coefficient (Wildman–Crippen LogP) is 3.05. The summed E-state index contributed by atoms with van der Waals surface area (Å²) in [6.07, 6.45) is 2.08. The number of aryl methyl sites for hydroxylation is 1. The van der Waals surface area contributed by atoms with Crippen molar-refractivity contribution in [3.63, 3.8) is 0 Å². The summed E-state index contributed by atoms with van der Waals surface area (Å²) in [5.41, 5.74) is 7.18. The van der Waals surface area contributed by atoms with Crippen LogP contribution in [-0.4, -0.2) is 11.3 Å². The van der Waals surface area contributed by atoms with Crippen LogP contribution in [0.25, 0.3) is 11.0 Å². The number of rotatable bonds is 3. The van der Waals surface area contributed by atoms with Gasteiger partial charge in [0.25, 0.3) is 0 Å². The zero-order valence-corrected chi connectivity index (χ0v) is 10.7. The van der Waals surface area contributed by atoms with Gasteiger partial charge in [-0.05, 0) is 44.2 Å². The standard InChI is InChI=1S/C15H17NO2/c1-9-4-3-5-10-8-12(18-13(9)10)14(17)15(2,16)11-6-7-11/h3-5,8,11H,6-7,16H2,1-2H3. The quantitative estimate of drug-likeness (QED) is 0.843. The van der Waals surface area contributed by atoms with Gasteiger partial charge < -0.3 is 10.2 Å². The third kappa shape index (κ3) is 1.66. The van der Waals surface area contributed by atoms with E-state index in [4.69, 9.17) is 10.2 Å². The van der Waals surface area contributed by atoms with E-state index < -0.39 is 5.54 Å². The number of fused-ring (bicyclic) bond motifs is 1. The molecule has 2 aromatic rings. The summed E-state index contributed by atoms with van der Waals surface area (Å²) in [7, 11) is 0. The summed E-state index contributed by atoms with van der Waals surface area (Å²) in [5.74, 6) is 0.608. The Morgan fingerprint density at radius 3 is 2.78 bits per heavy atom. The van der Waals surface area contributed by atoms with Crippen LogP contribution >= 0.6 is 0 Å². The van der Waals surface area contributed by atoms with Crippen LogP contribution in [0.5, 0.6) is 0 Å². The van der Waals surface area contributed by atoms with Crippen molar-refractivity contribution in [3.8, 4) is 0 Å². The van der Waals surface area contributed by atoms with Crippen LogP contribution in [0, 0.1) is 12.8 Å². The average Bonchev–Trinajstić information content (AvgIpc) is 3.09. The molecule has 2 N–H and O–H groups in total. The Bertz CT molecular complexity index is 620. The van der Waals surface area contributed by atoms with Crippen LogP contribution < -0.4 is 5.73 Å². The van der Waals surface area contributed by atoms with E-state index in [2.05, 4.69) is 0 Å². The first-order chi connectivity index (χ1) is 8.50. The van der Waals surface area contributed by atoms with Gasteiger partial charge in [0.1, 0.15) is 5.58 Å². The average molecular weight is 243 g/mol. The SMILES string of the molecule is Cc1cccc2cc(C(=O)C(C)(N)C3CC3)oc12. The van der Waals surface area contributed by atoms with E-state index in [-0.39, 0.29) is 5.78 Å². The van der Waals surface area contributed by atoms with Crippen LogP contribution in [0.1, 0.15) is 35.9 Å². The first-order valence-corrected chi connectivity index (χ1v) is 6.33. The van der Waals surface area contributed by atoms with Crippen molar-refractivity contribution in [2.24, 2.45) is 11.7 Å². The molecular formula is C15H17NO2. The number of benzene rings is 1. The van der Waals surface area contributed by atoms with Gasteiger partial charge in [-0.25, -0.2) is 0 Å². The minimum atomic E-state index is -0.790. The number of furan rings is 1. The normalized spacial score (nSPS) is 18.8. The fourth-order valence-corrected chi connectivity index (χ4v) is 2.45. The molecule has 1 aliphatic carbocycles. The minimum Gasteiger partial charge on any atom is -0.453 e. The molecule has 0 saturated heterocycles. The predicted molar refractivity (Wildman–Crippen MR) is 70.6 cm³/mol. The van der Waals surface area contributed by atoms with E-state index in [1.807, 2.05) is 32.0 Å². The summed E-state index contributed by atoms with van der Waals surface area (Å²) in [4.78, 5) is 12.4. The summed E-state index contributed by atoms with van der Waals surface area (Å²) in [6.45, 7) is 3.79. The Hall–Kier alpha value is -1.61. The number of para-hydroxylation sites is 1. The molecule has 3 rings (SSSR count). The van der Waals surface area contributed by atoms with Crippen LogP contribution in [0.3, 0.4) is 0 Å². The van der Waals surface area contributed by atoms with Crippen LogP contribution in [0.15, 0.2) is 28.7 Å². The van der Waals surface area contributed by atoms with Crippen molar-refractivity contribution in [2.45, 2.75) is 32.2 Å². The number of carbonyl (C=O) groups excluding carboxylic acids is 1. The number of hydrogen-bond donors (Lipinski definition) is 1. The number of Topliss-reactive ketones (excluding diaryl/α,β-unsaturated/α-hetero) is 1. The van der Waals surface area contributed by atoms with Crippen LogP contribution in [0.2, 0.25) is 0 Å². The lowest BCUT2D eigenvalue weighted by Gasteiger charge is -2.20. The van der Waals surface area contributed by atoms with Crippen LogP contribution in [-0.2, 0) is 0 Å². The topological polar surface area (TPSA) is 56.2 Å². The molecular weight excluding hydrogens is 226 g/mol. The van der Waals surface area contributed by atoms with Crippen molar-refractivity contribution in [2.75, 3.05) is 0 Å². The molecule has 0 aliphatic heterocycles. The summed E-state index contributed by atoms with van der Waals surface area (Å²) in [6, 6.07) is 7.69. The molecule has 18 heavy (non-hydrogen) atoms. The zero-order valence-electron chi connectivity index (χ0n) is 10.7. The highest BCUT2D eigenvalue weighted by molar-refractivity contribution is 6.04. The molecule has 1 atom stereocenters. The lowest BCUT2D eigenvalue weighted by atomic mass is 9.90. The molecule has 0 bridgehead atoms. The van der Waals surface area contributed by atoms with Gasteiger partial charge in [0, 0.05) is 5.39 Å². The first-order valence-electron chi connectivity index (χ1n) is 6.33. The third-order valence-corrected chi connectivity index (χ3v) is 3.88. The van der Waals surface area contributed by atoms with Crippen molar-refractivity contribution < 1.29 is 9.21 Å². The number of hydrogen-bond acceptors (Lipinski definition) is 3. The molecule has 3 heteroatoms. The Balaban J connectivity index is 2.04. The highest BCUT2D eigenvalue weighted by Gasteiger charge is 2.45. The van der Waals surface area contributed by atoms with Gasteiger partial charge in [0.15, 0.2) is 5.76 Å². The largest absolute Gasteiger partial charge is 0.453 e. The molecule has 1 aromatic carbocycles. The first kappa shape index (κ1) is 11.5. The van der Waals surface area contributed by atoms with Gasteiger partial charge in [-0.2, -0.15) is 0 Å². The van der Waals surface area contributed by atoms with E-state index >= 15 is 0 Å². The van der Waals surface area contributed by atoms with Gasteiger partial charge in [0.2, 0.25) is 5.78 Å². The Morgan fingerprint density at radius 1 is 1.44 bits per heavy atom. The smallest absolute Gasteiger partial charge is 0.217 e. The molecule has 1 fully saturated rings. The van der Waals surface area contributed by atoms with Gasteiger partial charge in [-0.1, -0.05) is 18.2 Å². The van der Waals surface area contributed by atoms with E-state index in [0.717, 1.165) is 29.4 Å². The Morgan fingerprint density at radius 2 is 2.17 bits per heavy atom. The zero-order chi connectivity index (χ0) is 12.9. The highest BCUT2D eigenvalue weighted by atomic mass is 16.3.